The molecule has 2 heterocycles. The number of Topliss-reactive ketones (excluding diaryl/α,β-unsaturated/α-hetero) is 1. The highest BCUT2D eigenvalue weighted by Gasteiger charge is 2.44. The molecule has 0 aliphatic carbocycles. The Kier molecular flexibility index (Phi) is 5.85. The van der Waals surface area contributed by atoms with Gasteiger partial charge in [0.05, 0.1) is 11.6 Å². The predicted octanol–water partition coefficient (Wildman–Crippen LogP) is 4.62. The number of rotatable bonds is 7. The molecule has 1 aliphatic heterocycles. The summed E-state index contributed by atoms with van der Waals surface area (Å²) in [5.41, 5.74) is 1.24. The molecule has 1 aromatic heterocycles. The number of carbonyl (C=O) groups excluding carboxylic acids is 2. The fourth-order valence-corrected chi connectivity index (χ4v) is 4.12. The average Bonchev–Trinajstić information content (AvgIpc) is 3.28. The fraction of sp³-hybridized carbons (Fsp3) is 0.250. The third-order valence-electron chi connectivity index (χ3n) is 5.37. The second-order valence-corrected chi connectivity index (χ2v) is 8.29. The third-order valence-corrected chi connectivity index (χ3v) is 5.60. The van der Waals surface area contributed by atoms with Gasteiger partial charge in [-0.2, -0.15) is 0 Å². The molecule has 0 saturated carbocycles. The molecule has 0 radical (unpaired) electrons. The van der Waals surface area contributed by atoms with Gasteiger partial charge in [0.2, 0.25) is 5.78 Å². The Hall–Kier alpha value is -3.09. The Bertz CT molecular complexity index is 1150. The standard InChI is InChI=1S/C24H23ClN2O4/c1-26(2)11-6-12-27-21(16-8-5-9-17(25)13-16)20(23(29)24(27)30)22(28)19-14-15-7-3-4-10-18(15)31-19/h3-5,7-10,13-14,21,29H,6,11-12H2,1-2H3/t21-/m1/s1. The molecule has 0 saturated heterocycles. The van der Waals surface area contributed by atoms with E-state index in [-0.39, 0.29) is 11.3 Å². The third kappa shape index (κ3) is 4.09. The second-order valence-electron chi connectivity index (χ2n) is 7.85. The molecule has 6 nitrogen and oxygen atoms in total. The number of carbonyl (C=O) groups is 2. The maximum atomic E-state index is 13.4. The maximum Gasteiger partial charge on any atom is 0.290 e. The van der Waals surface area contributed by atoms with E-state index in [0.717, 1.165) is 11.9 Å². The lowest BCUT2D eigenvalue weighted by Crippen LogP contribution is -2.33. The summed E-state index contributed by atoms with van der Waals surface area (Å²) >= 11 is 6.20. The van der Waals surface area contributed by atoms with Crippen molar-refractivity contribution < 1.29 is 19.1 Å². The quantitative estimate of drug-likeness (QED) is 0.545. The van der Waals surface area contributed by atoms with Crippen LogP contribution in [-0.4, -0.2) is 53.8 Å². The van der Waals surface area contributed by atoms with Crippen molar-refractivity contribution in [2.75, 3.05) is 27.2 Å². The summed E-state index contributed by atoms with van der Waals surface area (Å²) < 4.78 is 5.72. The lowest BCUT2D eigenvalue weighted by molar-refractivity contribution is -0.129. The van der Waals surface area contributed by atoms with Crippen LogP contribution in [0.15, 0.2) is 70.3 Å². The van der Waals surface area contributed by atoms with Crippen LogP contribution in [0, 0.1) is 0 Å². The molecule has 1 aliphatic rings. The molecule has 1 N–H and O–H groups in total. The molecule has 0 spiro atoms. The van der Waals surface area contributed by atoms with E-state index in [4.69, 9.17) is 16.0 Å². The van der Waals surface area contributed by atoms with Crippen LogP contribution in [0.4, 0.5) is 0 Å². The van der Waals surface area contributed by atoms with Gasteiger partial charge < -0.3 is 19.3 Å². The summed E-state index contributed by atoms with van der Waals surface area (Å²) in [5.74, 6) is -1.54. The van der Waals surface area contributed by atoms with Crippen LogP contribution in [-0.2, 0) is 4.79 Å². The number of fused-ring (bicyclic) bond motifs is 1. The first-order chi connectivity index (χ1) is 14.9. The van der Waals surface area contributed by atoms with Crippen LogP contribution in [0.3, 0.4) is 0 Å². The van der Waals surface area contributed by atoms with Crippen molar-refractivity contribution in [2.24, 2.45) is 0 Å². The first-order valence-electron chi connectivity index (χ1n) is 10.0. The molecule has 0 unspecified atom stereocenters. The molecule has 1 atom stereocenters. The van der Waals surface area contributed by atoms with Crippen LogP contribution in [0.5, 0.6) is 0 Å². The second kappa shape index (κ2) is 8.57. The highest BCUT2D eigenvalue weighted by molar-refractivity contribution is 6.30. The summed E-state index contributed by atoms with van der Waals surface area (Å²) in [6, 6.07) is 15.2. The smallest absolute Gasteiger partial charge is 0.290 e. The number of aliphatic hydroxyl groups is 1. The van der Waals surface area contributed by atoms with Crippen molar-refractivity contribution >= 4 is 34.3 Å². The number of aliphatic hydroxyl groups excluding tert-OH is 1. The Morgan fingerprint density at radius 1 is 1.16 bits per heavy atom. The lowest BCUT2D eigenvalue weighted by Gasteiger charge is -2.27. The van der Waals surface area contributed by atoms with Gasteiger partial charge >= 0.3 is 0 Å². The minimum atomic E-state index is -0.742. The Morgan fingerprint density at radius 3 is 2.65 bits per heavy atom. The Balaban J connectivity index is 1.75. The molecule has 7 heteroatoms. The topological polar surface area (TPSA) is 74.0 Å². The average molecular weight is 439 g/mol. The van der Waals surface area contributed by atoms with Gasteiger partial charge in [0.1, 0.15) is 5.58 Å². The highest BCUT2D eigenvalue weighted by Crippen LogP contribution is 2.40. The van der Waals surface area contributed by atoms with Crippen molar-refractivity contribution in [2.45, 2.75) is 12.5 Å². The van der Waals surface area contributed by atoms with E-state index in [0.29, 0.717) is 29.1 Å². The molecule has 3 aromatic rings. The van der Waals surface area contributed by atoms with E-state index in [1.165, 1.54) is 4.90 Å². The molecular formula is C24H23ClN2O4. The SMILES string of the molecule is CN(C)CCCN1C(=O)C(O)=C(C(=O)c2cc3ccccc3o2)[C@H]1c1cccc(Cl)c1. The summed E-state index contributed by atoms with van der Waals surface area (Å²) in [6.45, 7) is 1.15. The number of para-hydroxylation sites is 1. The summed E-state index contributed by atoms with van der Waals surface area (Å²) in [7, 11) is 3.90. The molecule has 4 rings (SSSR count). The lowest BCUT2D eigenvalue weighted by atomic mass is 9.95. The minimum absolute atomic E-state index is 0.0103. The van der Waals surface area contributed by atoms with Gasteiger partial charge in [0.15, 0.2) is 11.5 Å². The van der Waals surface area contributed by atoms with E-state index in [1.54, 1.807) is 36.4 Å². The molecule has 160 valence electrons. The van der Waals surface area contributed by atoms with Crippen LogP contribution < -0.4 is 0 Å². The van der Waals surface area contributed by atoms with Gasteiger partial charge in [-0.1, -0.05) is 41.9 Å². The molecule has 2 aromatic carbocycles. The minimum Gasteiger partial charge on any atom is -0.503 e. The zero-order valence-electron chi connectivity index (χ0n) is 17.3. The number of furan rings is 1. The highest BCUT2D eigenvalue weighted by atomic mass is 35.5. The molecule has 0 bridgehead atoms. The van der Waals surface area contributed by atoms with E-state index in [2.05, 4.69) is 0 Å². The zero-order valence-corrected chi connectivity index (χ0v) is 18.1. The molecule has 0 fully saturated rings. The first-order valence-corrected chi connectivity index (χ1v) is 10.4. The number of benzene rings is 2. The molecular weight excluding hydrogens is 416 g/mol. The van der Waals surface area contributed by atoms with E-state index in [1.807, 2.05) is 37.2 Å². The van der Waals surface area contributed by atoms with E-state index in [9.17, 15) is 14.7 Å². The van der Waals surface area contributed by atoms with Gasteiger partial charge in [-0.25, -0.2) is 0 Å². The number of ketones is 1. The van der Waals surface area contributed by atoms with Gasteiger partial charge in [0, 0.05) is 17.0 Å². The predicted molar refractivity (Wildman–Crippen MR) is 119 cm³/mol. The van der Waals surface area contributed by atoms with Crippen molar-refractivity contribution in [1.29, 1.82) is 0 Å². The van der Waals surface area contributed by atoms with Crippen LogP contribution in [0.1, 0.15) is 28.6 Å². The van der Waals surface area contributed by atoms with Gasteiger partial charge in [-0.15, -0.1) is 0 Å². The van der Waals surface area contributed by atoms with Crippen LogP contribution in [0.2, 0.25) is 5.02 Å². The van der Waals surface area contributed by atoms with Gasteiger partial charge in [-0.3, -0.25) is 9.59 Å². The summed E-state index contributed by atoms with van der Waals surface area (Å²) in [5, 5.41) is 12.0. The van der Waals surface area contributed by atoms with Crippen molar-refractivity contribution in [3.05, 3.63) is 82.3 Å². The van der Waals surface area contributed by atoms with Crippen LogP contribution >= 0.6 is 11.6 Å². The van der Waals surface area contributed by atoms with Gasteiger partial charge in [-0.05, 0) is 56.9 Å². The number of hydrogen-bond acceptors (Lipinski definition) is 5. The molecule has 1 amide bonds. The van der Waals surface area contributed by atoms with Crippen molar-refractivity contribution in [3.63, 3.8) is 0 Å². The summed E-state index contributed by atoms with van der Waals surface area (Å²) in [6.07, 6.45) is 0.690. The maximum absolute atomic E-state index is 13.4. The van der Waals surface area contributed by atoms with Gasteiger partial charge in [0.25, 0.3) is 5.91 Å². The Morgan fingerprint density at radius 2 is 1.94 bits per heavy atom. The fourth-order valence-electron chi connectivity index (χ4n) is 3.92. The number of halogens is 1. The largest absolute Gasteiger partial charge is 0.503 e. The number of nitrogens with zero attached hydrogens (tertiary/aromatic N) is 2. The number of hydrogen-bond donors (Lipinski definition) is 1. The first kappa shape index (κ1) is 21.2. The van der Waals surface area contributed by atoms with Crippen LogP contribution in [0.25, 0.3) is 11.0 Å². The normalized spacial score (nSPS) is 16.7. The van der Waals surface area contributed by atoms with E-state index < -0.39 is 23.5 Å². The van der Waals surface area contributed by atoms with Crippen molar-refractivity contribution in [1.82, 2.24) is 9.80 Å². The zero-order chi connectivity index (χ0) is 22.1. The van der Waals surface area contributed by atoms with E-state index >= 15 is 0 Å². The Labute approximate surface area is 185 Å². The monoisotopic (exact) mass is 438 g/mol. The molecule has 31 heavy (non-hydrogen) atoms. The van der Waals surface area contributed by atoms with Crippen molar-refractivity contribution in [3.8, 4) is 0 Å². The number of amides is 1. The summed E-state index contributed by atoms with van der Waals surface area (Å²) in [4.78, 5) is 29.9.